The number of rotatable bonds is 3. The number of carboxylic acid groups (broad SMARTS) is 1. The van der Waals surface area contributed by atoms with E-state index in [0.29, 0.717) is 9.93 Å². The molecule has 1 aliphatic rings. The molecule has 19 heavy (non-hydrogen) atoms. The van der Waals surface area contributed by atoms with Crippen LogP contribution in [0.5, 0.6) is 0 Å². The lowest BCUT2D eigenvalue weighted by Gasteiger charge is -2.14. The Balaban J connectivity index is 2.25. The first-order valence-corrected chi connectivity index (χ1v) is 6.78. The lowest BCUT2D eigenvalue weighted by molar-refractivity contribution is -0.305. The molecule has 1 saturated heterocycles. The highest BCUT2D eigenvalue weighted by Crippen LogP contribution is 2.32. The third-order valence-corrected chi connectivity index (χ3v) is 3.92. The maximum Gasteiger partial charge on any atom is 0.266 e. The summed E-state index contributed by atoms with van der Waals surface area (Å²) < 4.78 is 0.211. The van der Waals surface area contributed by atoms with E-state index >= 15 is 0 Å². The van der Waals surface area contributed by atoms with E-state index in [1.165, 1.54) is 0 Å². The minimum atomic E-state index is -1.35. The second-order valence-corrected chi connectivity index (χ2v) is 5.81. The third kappa shape index (κ3) is 3.34. The number of carbonyl (C=O) groups excluding carboxylic acids is 2. The van der Waals surface area contributed by atoms with Crippen molar-refractivity contribution in [2.24, 2.45) is 0 Å². The van der Waals surface area contributed by atoms with Crippen molar-refractivity contribution in [2.45, 2.75) is 0 Å². The van der Waals surface area contributed by atoms with Crippen molar-refractivity contribution >= 4 is 57.9 Å². The molecular formula is C12H7ClNO3S2-. The van der Waals surface area contributed by atoms with Crippen LogP contribution in [0.3, 0.4) is 0 Å². The van der Waals surface area contributed by atoms with E-state index in [1.54, 1.807) is 30.3 Å². The number of carboxylic acids is 1. The van der Waals surface area contributed by atoms with Crippen molar-refractivity contribution in [3.63, 3.8) is 0 Å². The standard InChI is InChI=1S/C12H8ClNO3S2/c13-8-3-1-2-7(4-8)5-9-11(17)14(6-10(15)16)12(18)19-9/h1-5H,6H2,(H,15,16)/p-1/b9-5-. The molecule has 2 rings (SSSR count). The summed E-state index contributed by atoms with van der Waals surface area (Å²) >= 11 is 11.9. The molecule has 0 aliphatic carbocycles. The van der Waals surface area contributed by atoms with Crippen LogP contribution in [0.2, 0.25) is 5.02 Å². The third-order valence-electron chi connectivity index (χ3n) is 2.31. The normalized spacial score (nSPS) is 17.3. The van der Waals surface area contributed by atoms with Crippen molar-refractivity contribution in [3.05, 3.63) is 39.8 Å². The molecule has 4 nitrogen and oxygen atoms in total. The molecule has 98 valence electrons. The van der Waals surface area contributed by atoms with Crippen LogP contribution in [0.4, 0.5) is 0 Å². The second-order valence-electron chi connectivity index (χ2n) is 3.69. The Bertz CT molecular complexity index is 600. The Kier molecular flexibility index (Phi) is 4.24. The number of thiocarbonyl (C=S) groups is 1. The molecule has 0 unspecified atom stereocenters. The highest BCUT2D eigenvalue weighted by Gasteiger charge is 2.31. The summed E-state index contributed by atoms with van der Waals surface area (Å²) in [6.07, 6.45) is 1.63. The highest BCUT2D eigenvalue weighted by atomic mass is 35.5. The van der Waals surface area contributed by atoms with Gasteiger partial charge in [-0.1, -0.05) is 47.7 Å². The number of hydrogen-bond donors (Lipinski definition) is 0. The molecule has 0 aromatic heterocycles. The average Bonchev–Trinajstić information content (AvgIpc) is 2.57. The number of halogens is 1. The molecule has 1 aliphatic heterocycles. The number of amides is 1. The molecule has 1 aromatic rings. The molecule has 1 heterocycles. The summed E-state index contributed by atoms with van der Waals surface area (Å²) in [6, 6.07) is 6.97. The smallest absolute Gasteiger partial charge is 0.266 e. The van der Waals surface area contributed by atoms with Crippen LogP contribution in [-0.4, -0.2) is 27.6 Å². The Morgan fingerprint density at radius 3 is 2.89 bits per heavy atom. The summed E-state index contributed by atoms with van der Waals surface area (Å²) in [7, 11) is 0. The number of carbonyl (C=O) groups is 2. The molecule has 0 radical (unpaired) electrons. The van der Waals surface area contributed by atoms with Gasteiger partial charge in [0, 0.05) is 5.02 Å². The van der Waals surface area contributed by atoms with Gasteiger partial charge in [0.1, 0.15) is 4.32 Å². The predicted octanol–water partition coefficient (Wildman–Crippen LogP) is 1.29. The highest BCUT2D eigenvalue weighted by molar-refractivity contribution is 8.26. The fourth-order valence-electron chi connectivity index (χ4n) is 1.51. The molecule has 0 bridgehead atoms. The van der Waals surface area contributed by atoms with Gasteiger partial charge >= 0.3 is 0 Å². The van der Waals surface area contributed by atoms with Crippen LogP contribution < -0.4 is 5.11 Å². The van der Waals surface area contributed by atoms with Crippen molar-refractivity contribution in [3.8, 4) is 0 Å². The quantitative estimate of drug-likeness (QED) is 0.622. The van der Waals surface area contributed by atoms with E-state index in [-0.39, 0.29) is 4.32 Å². The maximum atomic E-state index is 12.0. The summed E-state index contributed by atoms with van der Waals surface area (Å²) in [5, 5.41) is 11.1. The van der Waals surface area contributed by atoms with Crippen LogP contribution in [0, 0.1) is 0 Å². The van der Waals surface area contributed by atoms with Gasteiger partial charge in [0.05, 0.1) is 17.4 Å². The van der Waals surface area contributed by atoms with Gasteiger partial charge in [0.25, 0.3) is 5.91 Å². The van der Waals surface area contributed by atoms with Crippen molar-refractivity contribution < 1.29 is 14.7 Å². The number of hydrogen-bond acceptors (Lipinski definition) is 5. The zero-order chi connectivity index (χ0) is 14.0. The largest absolute Gasteiger partial charge is 0.548 e. The van der Waals surface area contributed by atoms with Crippen molar-refractivity contribution in [1.29, 1.82) is 0 Å². The van der Waals surface area contributed by atoms with Crippen LogP contribution in [0.15, 0.2) is 29.2 Å². The zero-order valence-corrected chi connectivity index (χ0v) is 11.8. The minimum Gasteiger partial charge on any atom is -0.548 e. The first kappa shape index (κ1) is 14.0. The van der Waals surface area contributed by atoms with Crippen molar-refractivity contribution in [1.82, 2.24) is 4.90 Å². The van der Waals surface area contributed by atoms with Crippen LogP contribution in [0.25, 0.3) is 6.08 Å². The first-order chi connectivity index (χ1) is 8.97. The SMILES string of the molecule is O=C([O-])CN1C(=O)/C(=C/c2cccc(Cl)c2)SC1=S. The summed E-state index contributed by atoms with van der Waals surface area (Å²) in [5.41, 5.74) is 0.751. The molecule has 1 fully saturated rings. The number of benzene rings is 1. The molecule has 1 aromatic carbocycles. The van der Waals surface area contributed by atoms with E-state index < -0.39 is 18.4 Å². The number of aliphatic carboxylic acids is 1. The summed E-state index contributed by atoms with van der Waals surface area (Å²) in [5.74, 6) is -1.78. The van der Waals surface area contributed by atoms with Gasteiger partial charge in [-0.2, -0.15) is 0 Å². The lowest BCUT2D eigenvalue weighted by atomic mass is 10.2. The van der Waals surface area contributed by atoms with Gasteiger partial charge in [-0.25, -0.2) is 0 Å². The monoisotopic (exact) mass is 312 g/mol. The van der Waals surface area contributed by atoms with E-state index in [9.17, 15) is 14.7 Å². The molecular weight excluding hydrogens is 306 g/mol. The van der Waals surface area contributed by atoms with Crippen LogP contribution in [0.1, 0.15) is 5.56 Å². The predicted molar refractivity (Wildman–Crippen MR) is 76.3 cm³/mol. The molecule has 0 N–H and O–H groups in total. The maximum absolute atomic E-state index is 12.0. The Hall–Kier alpha value is -1.37. The average molecular weight is 313 g/mol. The fourth-order valence-corrected chi connectivity index (χ4v) is 2.97. The molecule has 7 heteroatoms. The van der Waals surface area contributed by atoms with E-state index in [2.05, 4.69) is 0 Å². The molecule has 1 amide bonds. The van der Waals surface area contributed by atoms with Gasteiger partial charge < -0.3 is 9.90 Å². The van der Waals surface area contributed by atoms with E-state index in [1.807, 2.05) is 0 Å². The van der Waals surface area contributed by atoms with E-state index in [4.69, 9.17) is 23.8 Å². The van der Waals surface area contributed by atoms with Gasteiger partial charge in [0.2, 0.25) is 0 Å². The summed E-state index contributed by atoms with van der Waals surface area (Å²) in [6.45, 7) is -0.530. The van der Waals surface area contributed by atoms with E-state index in [0.717, 1.165) is 22.2 Å². The van der Waals surface area contributed by atoms with Crippen molar-refractivity contribution in [2.75, 3.05) is 6.54 Å². The fraction of sp³-hybridized carbons (Fsp3) is 0.0833. The van der Waals surface area contributed by atoms with Crippen LogP contribution in [-0.2, 0) is 9.59 Å². The number of thioether (sulfide) groups is 1. The summed E-state index contributed by atoms with van der Waals surface area (Å²) in [4.78, 5) is 23.9. The zero-order valence-electron chi connectivity index (χ0n) is 9.46. The van der Waals surface area contributed by atoms with Gasteiger partial charge in [0.15, 0.2) is 0 Å². The van der Waals surface area contributed by atoms with Gasteiger partial charge in [-0.05, 0) is 23.8 Å². The molecule has 0 saturated carbocycles. The van der Waals surface area contributed by atoms with Gasteiger partial charge in [-0.15, -0.1) is 0 Å². The number of nitrogens with zero attached hydrogens (tertiary/aromatic N) is 1. The first-order valence-electron chi connectivity index (χ1n) is 5.18. The Labute approximate surface area is 124 Å². The second kappa shape index (κ2) is 5.73. The van der Waals surface area contributed by atoms with Gasteiger partial charge in [-0.3, -0.25) is 9.69 Å². The minimum absolute atomic E-state index is 0.211. The molecule has 0 spiro atoms. The Morgan fingerprint density at radius 2 is 2.26 bits per heavy atom. The topological polar surface area (TPSA) is 60.4 Å². The molecule has 0 atom stereocenters. The van der Waals surface area contributed by atoms with Crippen LogP contribution >= 0.6 is 35.6 Å². The Morgan fingerprint density at radius 1 is 1.53 bits per heavy atom. The lowest BCUT2D eigenvalue weighted by Crippen LogP contribution is -2.40.